The van der Waals surface area contributed by atoms with Gasteiger partial charge in [0, 0.05) is 6.54 Å². The summed E-state index contributed by atoms with van der Waals surface area (Å²) in [5.74, 6) is 0. The van der Waals surface area contributed by atoms with Gasteiger partial charge in [-0.25, -0.2) is 0 Å². The highest BCUT2D eigenvalue weighted by Crippen LogP contribution is 2.36. The first kappa shape index (κ1) is 15.0. The third-order valence-corrected chi connectivity index (χ3v) is 4.51. The highest BCUT2D eigenvalue weighted by molar-refractivity contribution is 5.44. The van der Waals surface area contributed by atoms with Crippen LogP contribution in [0.3, 0.4) is 0 Å². The van der Waals surface area contributed by atoms with Gasteiger partial charge in [0.1, 0.15) is 5.60 Å². The van der Waals surface area contributed by atoms with Crippen molar-refractivity contribution in [2.75, 3.05) is 19.6 Å². The third kappa shape index (κ3) is 2.85. The predicted octanol–water partition coefficient (Wildman–Crippen LogP) is 3.57. The highest BCUT2D eigenvalue weighted by atomic mass is 16.3. The van der Waals surface area contributed by atoms with E-state index in [1.807, 2.05) is 60.7 Å². The topological polar surface area (TPSA) is 23.5 Å². The van der Waals surface area contributed by atoms with Crippen LogP contribution in [0.25, 0.3) is 0 Å². The molecular formula is C20H23NO. The molecule has 2 aromatic rings. The maximum Gasteiger partial charge on any atom is 0.137 e. The van der Waals surface area contributed by atoms with Crippen LogP contribution in [0.15, 0.2) is 72.8 Å². The molecule has 22 heavy (non-hydrogen) atoms. The minimum absolute atomic E-state index is 0.736. The zero-order chi connectivity index (χ0) is 15.4. The van der Waals surface area contributed by atoms with Gasteiger partial charge in [-0.1, -0.05) is 67.2 Å². The van der Waals surface area contributed by atoms with E-state index in [4.69, 9.17) is 0 Å². The molecule has 0 spiro atoms. The van der Waals surface area contributed by atoms with Crippen molar-refractivity contribution in [2.24, 2.45) is 0 Å². The molecule has 0 amide bonds. The lowest BCUT2D eigenvalue weighted by Crippen LogP contribution is -2.35. The van der Waals surface area contributed by atoms with Gasteiger partial charge in [-0.15, -0.1) is 0 Å². The fourth-order valence-electron chi connectivity index (χ4n) is 3.26. The van der Waals surface area contributed by atoms with Crippen LogP contribution in [0.2, 0.25) is 0 Å². The number of hydrogen-bond donors (Lipinski definition) is 1. The largest absolute Gasteiger partial charge is 0.376 e. The molecule has 2 aromatic carbocycles. The zero-order valence-corrected chi connectivity index (χ0v) is 12.9. The Balaban J connectivity index is 1.97. The van der Waals surface area contributed by atoms with Crippen LogP contribution in [-0.4, -0.2) is 29.6 Å². The summed E-state index contributed by atoms with van der Waals surface area (Å²) in [6.07, 6.45) is 2.48. The molecule has 1 N–H and O–H groups in total. The van der Waals surface area contributed by atoms with Crippen LogP contribution in [0.1, 0.15) is 24.0 Å². The molecule has 114 valence electrons. The predicted molar refractivity (Wildman–Crippen MR) is 90.7 cm³/mol. The fourth-order valence-corrected chi connectivity index (χ4v) is 3.26. The van der Waals surface area contributed by atoms with E-state index in [0.29, 0.717) is 0 Å². The van der Waals surface area contributed by atoms with Crippen molar-refractivity contribution in [1.82, 2.24) is 4.90 Å². The van der Waals surface area contributed by atoms with Gasteiger partial charge in [0.05, 0.1) is 0 Å². The van der Waals surface area contributed by atoms with E-state index in [2.05, 4.69) is 11.5 Å². The minimum Gasteiger partial charge on any atom is -0.376 e. The minimum atomic E-state index is -1.13. The van der Waals surface area contributed by atoms with Crippen molar-refractivity contribution in [3.05, 3.63) is 83.9 Å². The normalized spacial score (nSPS) is 15.9. The van der Waals surface area contributed by atoms with E-state index in [1.165, 1.54) is 12.8 Å². The lowest BCUT2D eigenvalue weighted by Gasteiger charge is -2.33. The number of benzene rings is 2. The lowest BCUT2D eigenvalue weighted by molar-refractivity contribution is 0.112. The molecule has 0 radical (unpaired) electrons. The van der Waals surface area contributed by atoms with Crippen LogP contribution in [0.5, 0.6) is 0 Å². The van der Waals surface area contributed by atoms with Crippen molar-refractivity contribution in [2.45, 2.75) is 18.4 Å². The fraction of sp³-hybridized carbons (Fsp3) is 0.300. The van der Waals surface area contributed by atoms with Crippen molar-refractivity contribution < 1.29 is 5.11 Å². The average molecular weight is 293 g/mol. The summed E-state index contributed by atoms with van der Waals surface area (Å²) >= 11 is 0. The van der Waals surface area contributed by atoms with E-state index >= 15 is 0 Å². The van der Waals surface area contributed by atoms with Crippen LogP contribution in [0.4, 0.5) is 0 Å². The lowest BCUT2D eigenvalue weighted by atomic mass is 9.80. The summed E-state index contributed by atoms with van der Waals surface area (Å²) in [5.41, 5.74) is 1.47. The first-order chi connectivity index (χ1) is 10.7. The highest BCUT2D eigenvalue weighted by Gasteiger charge is 2.35. The molecule has 2 heteroatoms. The van der Waals surface area contributed by atoms with Crippen LogP contribution in [0, 0.1) is 0 Å². The molecule has 1 aliphatic heterocycles. The van der Waals surface area contributed by atoms with E-state index in [-0.39, 0.29) is 0 Å². The molecular weight excluding hydrogens is 270 g/mol. The first-order valence-corrected chi connectivity index (χ1v) is 7.95. The Morgan fingerprint density at radius 2 is 1.36 bits per heavy atom. The molecule has 0 bridgehead atoms. The summed E-state index contributed by atoms with van der Waals surface area (Å²) in [6, 6.07) is 19.7. The van der Waals surface area contributed by atoms with Crippen LogP contribution >= 0.6 is 0 Å². The summed E-state index contributed by atoms with van der Waals surface area (Å²) in [6.45, 7) is 7.18. The summed E-state index contributed by atoms with van der Waals surface area (Å²) in [4.78, 5) is 2.37. The van der Waals surface area contributed by atoms with Gasteiger partial charge in [0.2, 0.25) is 0 Å². The van der Waals surface area contributed by atoms with Gasteiger partial charge in [0.15, 0.2) is 0 Å². The maximum atomic E-state index is 11.6. The van der Waals surface area contributed by atoms with Crippen molar-refractivity contribution in [3.63, 3.8) is 0 Å². The average Bonchev–Trinajstić information content (AvgIpc) is 3.08. The van der Waals surface area contributed by atoms with Gasteiger partial charge >= 0.3 is 0 Å². The summed E-state index contributed by atoms with van der Waals surface area (Å²) in [5, 5.41) is 11.6. The van der Waals surface area contributed by atoms with Crippen molar-refractivity contribution in [3.8, 4) is 0 Å². The number of aliphatic hydroxyl groups is 1. The Labute approximate surface area is 132 Å². The molecule has 1 aliphatic rings. The standard InChI is InChI=1S/C20H23NO/c1-17(16-21-14-8-9-15-21)20(22,18-10-4-2-5-11-18)19-12-6-3-7-13-19/h2-7,10-13,22H,1,8-9,14-16H2. The van der Waals surface area contributed by atoms with Gasteiger partial charge in [0.25, 0.3) is 0 Å². The molecule has 1 heterocycles. The molecule has 0 atom stereocenters. The van der Waals surface area contributed by atoms with E-state index in [1.54, 1.807) is 0 Å². The molecule has 0 unspecified atom stereocenters. The van der Waals surface area contributed by atoms with Crippen molar-refractivity contribution in [1.29, 1.82) is 0 Å². The Kier molecular flexibility index (Phi) is 4.41. The maximum absolute atomic E-state index is 11.6. The molecule has 0 saturated carbocycles. The van der Waals surface area contributed by atoms with Gasteiger partial charge in [-0.05, 0) is 42.6 Å². The van der Waals surface area contributed by atoms with E-state index in [9.17, 15) is 5.11 Å². The summed E-state index contributed by atoms with van der Waals surface area (Å²) in [7, 11) is 0. The monoisotopic (exact) mass is 293 g/mol. The Hall–Kier alpha value is -1.90. The third-order valence-electron chi connectivity index (χ3n) is 4.51. The number of hydrogen-bond acceptors (Lipinski definition) is 2. The molecule has 3 rings (SSSR count). The first-order valence-electron chi connectivity index (χ1n) is 7.95. The van der Waals surface area contributed by atoms with Crippen LogP contribution in [-0.2, 0) is 5.60 Å². The smallest absolute Gasteiger partial charge is 0.137 e. The van der Waals surface area contributed by atoms with Crippen molar-refractivity contribution >= 4 is 0 Å². The van der Waals surface area contributed by atoms with Crippen LogP contribution < -0.4 is 0 Å². The second-order valence-electron chi connectivity index (χ2n) is 6.03. The Morgan fingerprint density at radius 3 is 1.82 bits per heavy atom. The quantitative estimate of drug-likeness (QED) is 0.852. The van der Waals surface area contributed by atoms with Gasteiger partial charge in [-0.3, -0.25) is 4.90 Å². The number of nitrogens with zero attached hydrogens (tertiary/aromatic N) is 1. The SMILES string of the molecule is C=C(CN1CCCC1)C(O)(c1ccccc1)c1ccccc1. The Morgan fingerprint density at radius 1 is 0.909 bits per heavy atom. The molecule has 0 aliphatic carbocycles. The molecule has 1 fully saturated rings. The van der Waals surface area contributed by atoms with Gasteiger partial charge < -0.3 is 5.11 Å². The molecule has 0 aromatic heterocycles. The van der Waals surface area contributed by atoms with Gasteiger partial charge in [-0.2, -0.15) is 0 Å². The Bertz CT molecular complexity index is 575. The summed E-state index contributed by atoms with van der Waals surface area (Å²) < 4.78 is 0. The number of rotatable bonds is 5. The second-order valence-corrected chi connectivity index (χ2v) is 6.03. The van der Waals surface area contributed by atoms with E-state index < -0.39 is 5.60 Å². The number of likely N-dealkylation sites (tertiary alicyclic amines) is 1. The molecule has 1 saturated heterocycles. The van der Waals surface area contributed by atoms with E-state index in [0.717, 1.165) is 36.3 Å². The zero-order valence-electron chi connectivity index (χ0n) is 12.9. The second kappa shape index (κ2) is 6.47. The molecule has 2 nitrogen and oxygen atoms in total.